The molecule has 0 saturated carbocycles. The molecular formula is C14H20N4O4S. The molecule has 0 aromatic carbocycles. The Bertz CT molecular complexity index is 577. The third kappa shape index (κ3) is 3.74. The normalized spacial score (nSPS) is 28.1. The molecule has 8 nitrogen and oxygen atoms in total. The van der Waals surface area contributed by atoms with Crippen molar-refractivity contribution < 1.29 is 24.8 Å². The molecule has 0 aliphatic carbocycles. The molecule has 1 fully saturated rings. The summed E-state index contributed by atoms with van der Waals surface area (Å²) in [5.74, 6) is -2.21. The number of aliphatic carboxylic acids is 1. The molecule has 4 atom stereocenters. The quantitative estimate of drug-likeness (QED) is 0.325. The van der Waals surface area contributed by atoms with Gasteiger partial charge >= 0.3 is 0 Å². The maximum atomic E-state index is 11.7. The zero-order chi connectivity index (χ0) is 17.1. The van der Waals surface area contributed by atoms with E-state index in [9.17, 15) is 19.5 Å². The Morgan fingerprint density at radius 3 is 2.83 bits per heavy atom. The Balaban J connectivity index is 2.14. The SMILES string of the molecule is CC[NH2+]C(/C=C/C1C=C(C(=O)[O-])N2C(=O)[C@@H](N)[C@H]2S1)CC(N)=O. The molecule has 2 heterocycles. The summed E-state index contributed by atoms with van der Waals surface area (Å²) in [5.41, 5.74) is 10.8. The molecule has 0 bridgehead atoms. The molecule has 23 heavy (non-hydrogen) atoms. The molecule has 2 aliphatic rings. The summed E-state index contributed by atoms with van der Waals surface area (Å²) in [6, 6.07) is -0.810. The van der Waals surface area contributed by atoms with E-state index >= 15 is 0 Å². The van der Waals surface area contributed by atoms with Crippen LogP contribution in [0.5, 0.6) is 0 Å². The van der Waals surface area contributed by atoms with Crippen LogP contribution in [0.25, 0.3) is 0 Å². The maximum Gasteiger partial charge on any atom is 0.248 e. The molecular weight excluding hydrogens is 320 g/mol. The maximum absolute atomic E-state index is 11.7. The highest BCUT2D eigenvalue weighted by molar-refractivity contribution is 8.01. The summed E-state index contributed by atoms with van der Waals surface area (Å²) in [4.78, 5) is 35.1. The van der Waals surface area contributed by atoms with Crippen molar-refractivity contribution in [1.82, 2.24) is 4.90 Å². The minimum Gasteiger partial charge on any atom is -0.543 e. The van der Waals surface area contributed by atoms with Crippen molar-refractivity contribution in [3.8, 4) is 0 Å². The number of β-lactam (4-membered cyclic amide) rings is 1. The number of primary amides is 1. The number of nitrogens with two attached hydrogens (primary N) is 3. The summed E-state index contributed by atoms with van der Waals surface area (Å²) in [6.07, 6.45) is 5.30. The molecule has 0 aromatic heterocycles. The number of carbonyl (C=O) groups excluding carboxylic acids is 3. The number of hydrogen-bond acceptors (Lipinski definition) is 6. The van der Waals surface area contributed by atoms with E-state index in [1.807, 2.05) is 18.3 Å². The smallest absolute Gasteiger partial charge is 0.248 e. The number of carboxylic acids is 1. The van der Waals surface area contributed by atoms with Crippen molar-refractivity contribution in [2.24, 2.45) is 11.5 Å². The number of thioether (sulfide) groups is 1. The molecule has 0 aromatic rings. The molecule has 6 N–H and O–H groups in total. The van der Waals surface area contributed by atoms with E-state index < -0.39 is 29.2 Å². The Kier molecular flexibility index (Phi) is 5.45. The lowest BCUT2D eigenvalue weighted by Gasteiger charge is -2.49. The van der Waals surface area contributed by atoms with Crippen LogP contribution < -0.4 is 21.9 Å². The van der Waals surface area contributed by atoms with Gasteiger partial charge in [0.1, 0.15) is 17.5 Å². The molecule has 1 saturated heterocycles. The average molecular weight is 340 g/mol. The number of fused-ring (bicyclic) bond motifs is 1. The number of amides is 2. The fourth-order valence-corrected chi connectivity index (χ4v) is 3.94. The summed E-state index contributed by atoms with van der Waals surface area (Å²) in [7, 11) is 0. The second-order valence-corrected chi connectivity index (χ2v) is 6.73. The predicted octanol–water partition coefficient (Wildman–Crippen LogP) is -3.39. The van der Waals surface area contributed by atoms with Crippen molar-refractivity contribution in [3.63, 3.8) is 0 Å². The van der Waals surface area contributed by atoms with Crippen LogP contribution in [0.2, 0.25) is 0 Å². The van der Waals surface area contributed by atoms with E-state index in [0.29, 0.717) is 0 Å². The van der Waals surface area contributed by atoms with Crippen LogP contribution in [0.4, 0.5) is 0 Å². The highest BCUT2D eigenvalue weighted by Crippen LogP contribution is 2.40. The van der Waals surface area contributed by atoms with Gasteiger partial charge in [-0.2, -0.15) is 0 Å². The zero-order valence-corrected chi connectivity index (χ0v) is 13.5. The van der Waals surface area contributed by atoms with Crippen LogP contribution in [0.15, 0.2) is 23.9 Å². The Morgan fingerprint density at radius 1 is 1.57 bits per heavy atom. The molecule has 0 radical (unpaired) electrons. The summed E-state index contributed by atoms with van der Waals surface area (Å²) < 4.78 is 0. The van der Waals surface area contributed by atoms with Crippen LogP contribution in [0.3, 0.4) is 0 Å². The van der Waals surface area contributed by atoms with Crippen molar-refractivity contribution >= 4 is 29.5 Å². The first-order valence-corrected chi connectivity index (χ1v) is 8.26. The summed E-state index contributed by atoms with van der Waals surface area (Å²) >= 11 is 1.39. The average Bonchev–Trinajstić information content (AvgIpc) is 2.50. The van der Waals surface area contributed by atoms with Gasteiger partial charge in [0.05, 0.1) is 24.6 Å². The van der Waals surface area contributed by atoms with Crippen LogP contribution >= 0.6 is 11.8 Å². The van der Waals surface area contributed by atoms with E-state index in [0.717, 1.165) is 11.4 Å². The topological polar surface area (TPSA) is 146 Å². The van der Waals surface area contributed by atoms with E-state index in [2.05, 4.69) is 0 Å². The van der Waals surface area contributed by atoms with Gasteiger partial charge in [-0.05, 0) is 19.1 Å². The van der Waals surface area contributed by atoms with Crippen LogP contribution in [-0.4, -0.2) is 51.9 Å². The summed E-state index contributed by atoms with van der Waals surface area (Å²) in [5, 5.41) is 12.5. The minimum absolute atomic E-state index is 0.104. The first-order valence-electron chi connectivity index (χ1n) is 7.32. The zero-order valence-electron chi connectivity index (χ0n) is 12.7. The van der Waals surface area contributed by atoms with Crippen LogP contribution in [-0.2, 0) is 14.4 Å². The third-order valence-electron chi connectivity index (χ3n) is 3.69. The molecule has 9 heteroatoms. The van der Waals surface area contributed by atoms with Gasteiger partial charge in [0, 0.05) is 5.25 Å². The minimum atomic E-state index is -1.40. The van der Waals surface area contributed by atoms with Gasteiger partial charge in [-0.15, -0.1) is 11.8 Å². The van der Waals surface area contributed by atoms with E-state index in [1.165, 1.54) is 17.8 Å². The van der Waals surface area contributed by atoms with Crippen molar-refractivity contribution in [3.05, 3.63) is 23.9 Å². The van der Waals surface area contributed by atoms with Crippen LogP contribution in [0, 0.1) is 0 Å². The van der Waals surface area contributed by atoms with E-state index in [4.69, 9.17) is 11.5 Å². The lowest BCUT2D eigenvalue weighted by molar-refractivity contribution is -0.675. The number of hydrogen-bond donors (Lipinski definition) is 3. The van der Waals surface area contributed by atoms with Gasteiger partial charge in [-0.3, -0.25) is 14.5 Å². The van der Waals surface area contributed by atoms with Crippen molar-refractivity contribution in [2.75, 3.05) is 6.54 Å². The van der Waals surface area contributed by atoms with E-state index in [-0.39, 0.29) is 23.4 Å². The third-order valence-corrected chi connectivity index (χ3v) is 5.09. The molecule has 2 aliphatic heterocycles. The Labute approximate surface area is 137 Å². The number of rotatable bonds is 7. The lowest BCUT2D eigenvalue weighted by Crippen LogP contribution is -2.89. The van der Waals surface area contributed by atoms with Crippen LogP contribution in [0.1, 0.15) is 13.3 Å². The molecule has 2 amide bonds. The largest absolute Gasteiger partial charge is 0.543 e. The Morgan fingerprint density at radius 2 is 2.26 bits per heavy atom. The number of quaternary nitrogens is 1. The molecule has 126 valence electrons. The lowest BCUT2D eigenvalue weighted by atomic mass is 10.1. The molecule has 2 rings (SSSR count). The highest BCUT2D eigenvalue weighted by atomic mass is 32.2. The number of nitrogens with zero attached hydrogens (tertiary/aromatic N) is 1. The van der Waals surface area contributed by atoms with Gasteiger partial charge in [0.2, 0.25) is 11.8 Å². The first kappa shape index (κ1) is 17.5. The second kappa shape index (κ2) is 7.16. The number of carbonyl (C=O) groups is 3. The van der Waals surface area contributed by atoms with Gasteiger partial charge in [-0.25, -0.2) is 0 Å². The van der Waals surface area contributed by atoms with Crippen molar-refractivity contribution in [1.29, 1.82) is 0 Å². The first-order chi connectivity index (χ1) is 10.8. The molecule has 0 spiro atoms. The monoisotopic (exact) mass is 340 g/mol. The predicted molar refractivity (Wildman–Crippen MR) is 82.3 cm³/mol. The van der Waals surface area contributed by atoms with Gasteiger partial charge in [0.25, 0.3) is 0 Å². The van der Waals surface area contributed by atoms with Gasteiger partial charge < -0.3 is 26.7 Å². The number of carboxylic acid groups (broad SMARTS) is 1. The van der Waals surface area contributed by atoms with Crippen molar-refractivity contribution in [2.45, 2.75) is 36.1 Å². The Hall–Kier alpha value is -1.84. The fraction of sp³-hybridized carbons (Fsp3) is 0.500. The van der Waals surface area contributed by atoms with Gasteiger partial charge in [-0.1, -0.05) is 6.08 Å². The number of likely N-dealkylation sites (N-methyl/N-ethyl adjacent to an activating group) is 1. The molecule has 2 unspecified atom stereocenters. The van der Waals surface area contributed by atoms with E-state index in [1.54, 1.807) is 6.08 Å². The van der Waals surface area contributed by atoms with Gasteiger partial charge in [0.15, 0.2) is 0 Å². The second-order valence-electron chi connectivity index (χ2n) is 5.43. The standard InChI is InChI=1S/C14H20N4O4S/c1-2-17-7(5-10(15)19)3-4-8-6-9(14(21)22)18-12(20)11(16)13(18)23-8/h3-4,6-8,11,13,17H,2,5,16H2,1H3,(H2,15,19)(H,21,22)/b4-3+/t7?,8?,11-,13-/m1/s1. The fourth-order valence-electron chi connectivity index (χ4n) is 2.61. The summed E-state index contributed by atoms with van der Waals surface area (Å²) in [6.45, 7) is 2.75. The highest BCUT2D eigenvalue weighted by Gasteiger charge is 2.50.